The van der Waals surface area contributed by atoms with Crippen molar-refractivity contribution in [2.75, 3.05) is 19.7 Å². The van der Waals surface area contributed by atoms with Crippen LogP contribution >= 0.6 is 0 Å². The second-order valence-corrected chi connectivity index (χ2v) is 6.93. The van der Waals surface area contributed by atoms with Gasteiger partial charge in [0, 0.05) is 24.2 Å². The van der Waals surface area contributed by atoms with Crippen molar-refractivity contribution in [1.82, 2.24) is 4.90 Å². The molecule has 0 aliphatic carbocycles. The molecule has 0 unspecified atom stereocenters. The van der Waals surface area contributed by atoms with E-state index in [1.54, 1.807) is 35.2 Å². The van der Waals surface area contributed by atoms with Crippen LogP contribution in [-0.4, -0.2) is 54.5 Å². The average Bonchev–Trinajstić information content (AvgIpc) is 3.15. The molecule has 1 aliphatic rings. The summed E-state index contributed by atoms with van der Waals surface area (Å²) in [5.41, 5.74) is 1.33. The zero-order chi connectivity index (χ0) is 20.3. The van der Waals surface area contributed by atoms with E-state index in [4.69, 9.17) is 13.9 Å². The summed E-state index contributed by atoms with van der Waals surface area (Å²) in [5.74, 6) is -0.494. The summed E-state index contributed by atoms with van der Waals surface area (Å²) in [7, 11) is 0. The second-order valence-electron chi connectivity index (χ2n) is 6.93. The number of Topliss-reactive ketones (excluding diaryl/α,β-unsaturated/α-hetero) is 1. The normalized spacial score (nSPS) is 19.3. The topological polar surface area (TPSA) is 86.1 Å². The third kappa shape index (κ3) is 4.67. The quantitative estimate of drug-likeness (QED) is 0.581. The minimum Gasteiger partial charge on any atom is -0.450 e. The van der Waals surface area contributed by atoms with Crippen LogP contribution in [0, 0.1) is 0 Å². The van der Waals surface area contributed by atoms with Gasteiger partial charge < -0.3 is 18.8 Å². The number of ketones is 1. The van der Waals surface area contributed by atoms with Crippen LogP contribution in [0.25, 0.3) is 11.3 Å². The predicted molar refractivity (Wildman–Crippen MR) is 101 cm³/mol. The summed E-state index contributed by atoms with van der Waals surface area (Å²) < 4.78 is 16.2. The summed E-state index contributed by atoms with van der Waals surface area (Å²) >= 11 is 0. The largest absolute Gasteiger partial charge is 0.450 e. The number of morpholine rings is 1. The van der Waals surface area contributed by atoms with Crippen molar-refractivity contribution in [1.29, 1.82) is 0 Å². The third-order valence-corrected chi connectivity index (χ3v) is 4.48. The van der Waals surface area contributed by atoms with Gasteiger partial charge in [-0.05, 0) is 32.9 Å². The molecule has 148 valence electrons. The molecule has 2 aromatic rings. The van der Waals surface area contributed by atoms with Crippen molar-refractivity contribution < 1.29 is 28.3 Å². The lowest BCUT2D eigenvalue weighted by atomic mass is 10.1. The SMILES string of the molecule is CC(=O)c1ccc(-c2ccc(C(=O)OCC(=O)N3C[C@@H](C)O[C@@H](C)C3)o2)cc1. The molecule has 28 heavy (non-hydrogen) atoms. The molecule has 1 aliphatic heterocycles. The molecule has 2 atom stereocenters. The monoisotopic (exact) mass is 385 g/mol. The standard InChI is InChI=1S/C21H23NO6/c1-13-10-22(11-14(2)27-13)20(24)12-26-21(25)19-9-8-18(28-19)17-6-4-16(5-7-17)15(3)23/h4-9,13-14H,10-12H2,1-3H3/t13-,14+. The zero-order valence-electron chi connectivity index (χ0n) is 16.1. The van der Waals surface area contributed by atoms with Crippen LogP contribution in [0.4, 0.5) is 0 Å². The fourth-order valence-electron chi connectivity index (χ4n) is 3.14. The van der Waals surface area contributed by atoms with E-state index in [1.165, 1.54) is 13.0 Å². The van der Waals surface area contributed by atoms with Gasteiger partial charge >= 0.3 is 5.97 Å². The summed E-state index contributed by atoms with van der Waals surface area (Å²) in [6, 6.07) is 10.0. The van der Waals surface area contributed by atoms with E-state index in [9.17, 15) is 14.4 Å². The van der Waals surface area contributed by atoms with E-state index < -0.39 is 5.97 Å². The zero-order valence-corrected chi connectivity index (χ0v) is 16.1. The van der Waals surface area contributed by atoms with Gasteiger partial charge in [-0.2, -0.15) is 0 Å². The molecule has 1 amide bonds. The van der Waals surface area contributed by atoms with Crippen LogP contribution < -0.4 is 0 Å². The van der Waals surface area contributed by atoms with E-state index in [2.05, 4.69) is 0 Å². The number of carbonyl (C=O) groups excluding carboxylic acids is 3. The van der Waals surface area contributed by atoms with Crippen molar-refractivity contribution in [3.05, 3.63) is 47.7 Å². The number of hydrogen-bond acceptors (Lipinski definition) is 6. The van der Waals surface area contributed by atoms with E-state index in [-0.39, 0.29) is 36.3 Å². The lowest BCUT2D eigenvalue weighted by molar-refractivity contribution is -0.146. The number of ether oxygens (including phenoxy) is 2. The van der Waals surface area contributed by atoms with E-state index >= 15 is 0 Å². The summed E-state index contributed by atoms with van der Waals surface area (Å²) in [4.78, 5) is 37.4. The van der Waals surface area contributed by atoms with Gasteiger partial charge in [0.1, 0.15) is 5.76 Å². The predicted octanol–water partition coefficient (Wildman–Crippen LogP) is 2.94. The average molecular weight is 385 g/mol. The highest BCUT2D eigenvalue weighted by atomic mass is 16.5. The first-order valence-corrected chi connectivity index (χ1v) is 9.15. The van der Waals surface area contributed by atoms with Gasteiger partial charge in [-0.25, -0.2) is 4.79 Å². The Morgan fingerprint density at radius 1 is 1.04 bits per heavy atom. The first kappa shape index (κ1) is 19.8. The van der Waals surface area contributed by atoms with Crippen LogP contribution in [0.5, 0.6) is 0 Å². The molecular formula is C21H23NO6. The first-order valence-electron chi connectivity index (χ1n) is 9.15. The maximum atomic E-state index is 12.3. The number of nitrogens with zero attached hydrogens (tertiary/aromatic N) is 1. The van der Waals surface area contributed by atoms with Crippen molar-refractivity contribution in [3.63, 3.8) is 0 Å². The molecule has 1 fully saturated rings. The number of hydrogen-bond donors (Lipinski definition) is 0. The highest BCUT2D eigenvalue weighted by molar-refractivity contribution is 5.94. The fourth-order valence-corrected chi connectivity index (χ4v) is 3.14. The van der Waals surface area contributed by atoms with E-state index in [0.29, 0.717) is 24.4 Å². The minimum atomic E-state index is -0.700. The van der Waals surface area contributed by atoms with Gasteiger partial charge in [-0.1, -0.05) is 24.3 Å². The van der Waals surface area contributed by atoms with Crippen molar-refractivity contribution >= 4 is 17.7 Å². The fraction of sp³-hybridized carbons (Fsp3) is 0.381. The number of amides is 1. The number of rotatable bonds is 5. The summed E-state index contributed by atoms with van der Waals surface area (Å²) in [6.07, 6.45) is -0.101. The van der Waals surface area contributed by atoms with Gasteiger partial charge in [0.2, 0.25) is 5.76 Å². The molecule has 2 heterocycles. The summed E-state index contributed by atoms with van der Waals surface area (Å²) in [6.45, 7) is 5.89. The number of furan rings is 1. The molecule has 7 nitrogen and oxygen atoms in total. The van der Waals surface area contributed by atoms with Gasteiger partial charge in [-0.3, -0.25) is 9.59 Å². The molecule has 0 spiro atoms. The molecule has 0 radical (unpaired) electrons. The maximum absolute atomic E-state index is 12.3. The second kappa shape index (κ2) is 8.39. The van der Waals surface area contributed by atoms with Crippen LogP contribution in [0.3, 0.4) is 0 Å². The van der Waals surface area contributed by atoms with Gasteiger partial charge in [0.25, 0.3) is 5.91 Å². The smallest absolute Gasteiger partial charge is 0.374 e. The third-order valence-electron chi connectivity index (χ3n) is 4.48. The molecule has 3 rings (SSSR count). The Hall–Kier alpha value is -2.93. The van der Waals surface area contributed by atoms with Crippen molar-refractivity contribution in [2.45, 2.75) is 33.0 Å². The maximum Gasteiger partial charge on any atom is 0.374 e. The summed E-state index contributed by atoms with van der Waals surface area (Å²) in [5, 5.41) is 0. The Balaban J connectivity index is 1.58. The Kier molecular flexibility index (Phi) is 5.94. The van der Waals surface area contributed by atoms with Crippen LogP contribution in [0.15, 0.2) is 40.8 Å². The van der Waals surface area contributed by atoms with Crippen molar-refractivity contribution in [3.8, 4) is 11.3 Å². The molecule has 7 heteroatoms. The van der Waals surface area contributed by atoms with Gasteiger partial charge in [-0.15, -0.1) is 0 Å². The molecule has 0 saturated carbocycles. The number of esters is 1. The molecule has 0 bridgehead atoms. The van der Waals surface area contributed by atoms with Gasteiger partial charge in [0.15, 0.2) is 12.4 Å². The Labute approximate surface area is 163 Å². The molecule has 1 saturated heterocycles. The van der Waals surface area contributed by atoms with Crippen LogP contribution in [0.2, 0.25) is 0 Å². The van der Waals surface area contributed by atoms with E-state index in [1.807, 2.05) is 13.8 Å². The lowest BCUT2D eigenvalue weighted by Crippen LogP contribution is -2.49. The Morgan fingerprint density at radius 3 is 2.29 bits per heavy atom. The molecule has 0 N–H and O–H groups in total. The first-order chi connectivity index (χ1) is 13.3. The van der Waals surface area contributed by atoms with E-state index in [0.717, 1.165) is 5.56 Å². The minimum absolute atomic E-state index is 0.0159. The highest BCUT2D eigenvalue weighted by Gasteiger charge is 2.26. The molecule has 1 aromatic carbocycles. The molecular weight excluding hydrogens is 362 g/mol. The van der Waals surface area contributed by atoms with Crippen LogP contribution in [0.1, 0.15) is 41.7 Å². The van der Waals surface area contributed by atoms with Crippen molar-refractivity contribution in [2.24, 2.45) is 0 Å². The highest BCUT2D eigenvalue weighted by Crippen LogP contribution is 2.23. The molecule has 1 aromatic heterocycles. The van der Waals surface area contributed by atoms with Crippen LogP contribution in [-0.2, 0) is 14.3 Å². The Bertz CT molecular complexity index is 859. The Morgan fingerprint density at radius 2 is 1.68 bits per heavy atom. The number of benzene rings is 1. The lowest BCUT2D eigenvalue weighted by Gasteiger charge is -2.35. The number of carbonyl (C=O) groups is 3. The van der Waals surface area contributed by atoms with Gasteiger partial charge in [0.05, 0.1) is 12.2 Å².